The van der Waals surface area contributed by atoms with Crippen LogP contribution >= 0.6 is 0 Å². The van der Waals surface area contributed by atoms with Crippen molar-refractivity contribution in [2.75, 3.05) is 20.1 Å². The van der Waals surface area contributed by atoms with Gasteiger partial charge in [-0.1, -0.05) is 78.9 Å². The lowest BCUT2D eigenvalue weighted by molar-refractivity contribution is 0.0620. The summed E-state index contributed by atoms with van der Waals surface area (Å²) in [7, 11) is -1.79. The van der Waals surface area contributed by atoms with Gasteiger partial charge in [0.15, 0.2) is 0 Å². The number of nitrogens with zero attached hydrogens (tertiary/aromatic N) is 2. The molecule has 0 amide bonds. The fourth-order valence-corrected chi connectivity index (χ4v) is 5.13. The first-order valence-corrected chi connectivity index (χ1v) is 10.9. The molecule has 4 nitrogen and oxygen atoms in total. The summed E-state index contributed by atoms with van der Waals surface area (Å²) in [5.41, 5.74) is 2.45. The van der Waals surface area contributed by atoms with Crippen LogP contribution in [0.25, 0.3) is 0 Å². The molecule has 0 aliphatic carbocycles. The maximum atomic E-state index is 12.9. The van der Waals surface area contributed by atoms with Crippen molar-refractivity contribution < 1.29 is 8.42 Å². The molecule has 144 valence electrons. The Labute approximate surface area is 167 Å². The molecule has 4 rings (SSSR count). The Bertz CT molecular complexity index is 963. The summed E-state index contributed by atoms with van der Waals surface area (Å²) in [5.74, 6) is 0. The Morgan fingerprint density at radius 2 is 1.21 bits per heavy atom. The first kappa shape index (κ1) is 18.9. The van der Waals surface area contributed by atoms with Crippen LogP contribution in [0.1, 0.15) is 17.2 Å². The number of likely N-dealkylation sites (tertiary alicyclic amines) is 1. The molecule has 0 atom stereocenters. The highest BCUT2D eigenvalue weighted by atomic mass is 32.2. The van der Waals surface area contributed by atoms with E-state index >= 15 is 0 Å². The van der Waals surface area contributed by atoms with Crippen LogP contribution in [0.2, 0.25) is 0 Å². The van der Waals surface area contributed by atoms with Crippen molar-refractivity contribution >= 4 is 10.0 Å². The van der Waals surface area contributed by atoms with Gasteiger partial charge in [-0.05, 0) is 23.3 Å². The highest BCUT2D eigenvalue weighted by molar-refractivity contribution is 7.89. The first-order chi connectivity index (χ1) is 13.6. The first-order valence-electron chi connectivity index (χ1n) is 9.44. The van der Waals surface area contributed by atoms with E-state index in [-0.39, 0.29) is 12.1 Å². The molecule has 3 aromatic rings. The average molecular weight is 393 g/mol. The van der Waals surface area contributed by atoms with E-state index in [9.17, 15) is 8.42 Å². The number of rotatable bonds is 6. The number of hydrogen-bond donors (Lipinski definition) is 0. The van der Waals surface area contributed by atoms with Gasteiger partial charge in [0.2, 0.25) is 10.0 Å². The van der Waals surface area contributed by atoms with Crippen LogP contribution < -0.4 is 0 Å². The molecule has 5 heteroatoms. The molecule has 1 saturated heterocycles. The van der Waals surface area contributed by atoms with Gasteiger partial charge in [0.05, 0.1) is 17.0 Å². The SMILES string of the molecule is CN(C1CN(C(c2ccccc2)c2ccccc2)C1)S(=O)(=O)c1ccccc1. The van der Waals surface area contributed by atoms with Crippen molar-refractivity contribution in [2.24, 2.45) is 0 Å². The fraction of sp³-hybridized carbons (Fsp3) is 0.217. The largest absolute Gasteiger partial charge is 0.289 e. The van der Waals surface area contributed by atoms with Crippen LogP contribution in [0.5, 0.6) is 0 Å². The third-order valence-electron chi connectivity index (χ3n) is 5.42. The molecule has 0 bridgehead atoms. The van der Waals surface area contributed by atoms with E-state index in [1.165, 1.54) is 15.4 Å². The molecule has 0 radical (unpaired) electrons. The number of hydrogen-bond acceptors (Lipinski definition) is 3. The second-order valence-electron chi connectivity index (χ2n) is 7.17. The monoisotopic (exact) mass is 392 g/mol. The Morgan fingerprint density at radius 1 is 0.786 bits per heavy atom. The molecule has 1 heterocycles. The van der Waals surface area contributed by atoms with Crippen LogP contribution in [0.4, 0.5) is 0 Å². The van der Waals surface area contributed by atoms with Crippen molar-refractivity contribution in [1.29, 1.82) is 0 Å². The lowest BCUT2D eigenvalue weighted by atomic mass is 9.93. The quantitative estimate of drug-likeness (QED) is 0.641. The Balaban J connectivity index is 1.54. The minimum Gasteiger partial charge on any atom is -0.289 e. The second-order valence-corrected chi connectivity index (χ2v) is 9.16. The van der Waals surface area contributed by atoms with E-state index in [0.717, 1.165) is 0 Å². The lowest BCUT2D eigenvalue weighted by Gasteiger charge is -2.47. The van der Waals surface area contributed by atoms with E-state index < -0.39 is 10.0 Å². The van der Waals surface area contributed by atoms with Gasteiger partial charge in [-0.15, -0.1) is 0 Å². The predicted molar refractivity (Wildman–Crippen MR) is 111 cm³/mol. The van der Waals surface area contributed by atoms with Crippen molar-refractivity contribution in [3.05, 3.63) is 102 Å². The molecular formula is C23H24N2O2S. The zero-order valence-electron chi connectivity index (χ0n) is 15.8. The van der Waals surface area contributed by atoms with E-state index in [0.29, 0.717) is 18.0 Å². The van der Waals surface area contributed by atoms with Gasteiger partial charge >= 0.3 is 0 Å². The zero-order valence-corrected chi connectivity index (χ0v) is 16.7. The third-order valence-corrected chi connectivity index (χ3v) is 7.34. The van der Waals surface area contributed by atoms with Crippen LogP contribution in [0, 0.1) is 0 Å². The maximum absolute atomic E-state index is 12.9. The van der Waals surface area contributed by atoms with Crippen molar-refractivity contribution in [1.82, 2.24) is 9.21 Å². The summed E-state index contributed by atoms with van der Waals surface area (Å²) in [4.78, 5) is 2.69. The number of likely N-dealkylation sites (N-methyl/N-ethyl adjacent to an activating group) is 1. The van der Waals surface area contributed by atoms with Gasteiger partial charge in [-0.2, -0.15) is 4.31 Å². The third kappa shape index (κ3) is 3.61. The van der Waals surface area contributed by atoms with Crippen LogP contribution in [-0.2, 0) is 10.0 Å². The lowest BCUT2D eigenvalue weighted by Crippen LogP contribution is -2.60. The molecule has 0 spiro atoms. The van der Waals surface area contributed by atoms with E-state index in [2.05, 4.69) is 53.4 Å². The molecule has 0 saturated carbocycles. The summed E-state index contributed by atoms with van der Waals surface area (Å²) in [6, 6.07) is 29.5. The topological polar surface area (TPSA) is 40.6 Å². The normalized spacial score (nSPS) is 15.7. The molecule has 0 N–H and O–H groups in total. The summed E-state index contributed by atoms with van der Waals surface area (Å²) >= 11 is 0. The molecule has 0 unspecified atom stereocenters. The molecule has 1 aliphatic heterocycles. The highest BCUT2D eigenvalue weighted by Gasteiger charge is 2.40. The molecule has 0 aromatic heterocycles. The standard InChI is InChI=1S/C23H24N2O2S/c1-24(28(26,27)22-15-9-4-10-16-22)21-17-25(18-21)23(19-11-5-2-6-12-19)20-13-7-3-8-14-20/h2-16,21,23H,17-18H2,1H3. The van der Waals surface area contributed by atoms with Crippen molar-refractivity contribution in [3.8, 4) is 0 Å². The molecule has 28 heavy (non-hydrogen) atoms. The summed E-state index contributed by atoms with van der Waals surface area (Å²) in [6.07, 6.45) is 0. The van der Waals surface area contributed by atoms with Crippen molar-refractivity contribution in [3.63, 3.8) is 0 Å². The highest BCUT2D eigenvalue weighted by Crippen LogP contribution is 2.34. The van der Waals surface area contributed by atoms with E-state index in [1.807, 2.05) is 18.2 Å². The van der Waals surface area contributed by atoms with Crippen LogP contribution in [-0.4, -0.2) is 43.8 Å². The van der Waals surface area contributed by atoms with Gasteiger partial charge in [0.1, 0.15) is 0 Å². The Morgan fingerprint density at radius 3 is 1.68 bits per heavy atom. The van der Waals surface area contributed by atoms with Gasteiger partial charge in [0, 0.05) is 20.1 Å². The summed E-state index contributed by atoms with van der Waals surface area (Å²) in [6.45, 7) is 1.41. The molecular weight excluding hydrogens is 368 g/mol. The van der Waals surface area contributed by atoms with Crippen LogP contribution in [0.3, 0.4) is 0 Å². The molecule has 1 aliphatic rings. The molecule has 3 aromatic carbocycles. The van der Waals surface area contributed by atoms with Gasteiger partial charge < -0.3 is 0 Å². The van der Waals surface area contributed by atoms with Crippen molar-refractivity contribution in [2.45, 2.75) is 17.0 Å². The Kier molecular flexibility index (Phi) is 5.31. The average Bonchev–Trinajstić information content (AvgIpc) is 2.72. The van der Waals surface area contributed by atoms with E-state index in [4.69, 9.17) is 0 Å². The number of sulfonamides is 1. The maximum Gasteiger partial charge on any atom is 0.243 e. The fourth-order valence-electron chi connectivity index (χ4n) is 3.77. The Hall–Kier alpha value is -2.47. The second kappa shape index (κ2) is 7.87. The minimum absolute atomic E-state index is 0.0277. The summed E-state index contributed by atoms with van der Waals surface area (Å²) < 4.78 is 27.3. The smallest absolute Gasteiger partial charge is 0.243 e. The van der Waals surface area contributed by atoms with Gasteiger partial charge in [-0.3, -0.25) is 4.90 Å². The van der Waals surface area contributed by atoms with Gasteiger partial charge in [0.25, 0.3) is 0 Å². The minimum atomic E-state index is -3.47. The van der Waals surface area contributed by atoms with Gasteiger partial charge in [-0.25, -0.2) is 8.42 Å². The molecule has 1 fully saturated rings. The predicted octanol–water partition coefficient (Wildman–Crippen LogP) is 3.78. The zero-order chi connectivity index (χ0) is 19.6. The van der Waals surface area contributed by atoms with Crippen LogP contribution in [0.15, 0.2) is 95.9 Å². The number of benzene rings is 3. The van der Waals surface area contributed by atoms with E-state index in [1.54, 1.807) is 31.3 Å². The summed E-state index contributed by atoms with van der Waals surface area (Å²) in [5, 5.41) is 0.